The predicted octanol–water partition coefficient (Wildman–Crippen LogP) is 3.87. The van der Waals surface area contributed by atoms with Crippen LogP contribution in [0.1, 0.15) is 36.9 Å². The number of thiophene rings is 1. The van der Waals surface area contributed by atoms with Crippen molar-refractivity contribution in [1.29, 1.82) is 0 Å². The lowest BCUT2D eigenvalue weighted by Gasteiger charge is -2.11. The highest BCUT2D eigenvalue weighted by atomic mass is 32.1. The molecule has 3 rings (SSSR count). The van der Waals surface area contributed by atoms with E-state index in [1.165, 1.54) is 0 Å². The zero-order chi connectivity index (χ0) is 18.0. The lowest BCUT2D eigenvalue weighted by atomic mass is 10.0. The van der Waals surface area contributed by atoms with Crippen LogP contribution in [0.15, 0.2) is 40.5 Å². The van der Waals surface area contributed by atoms with E-state index < -0.39 is 0 Å². The van der Waals surface area contributed by atoms with Crippen molar-refractivity contribution in [3.05, 3.63) is 77.5 Å². The van der Waals surface area contributed by atoms with E-state index in [0.29, 0.717) is 18.0 Å². The van der Waals surface area contributed by atoms with Gasteiger partial charge in [-0.1, -0.05) is 35.6 Å². The van der Waals surface area contributed by atoms with E-state index in [1.807, 2.05) is 56.5 Å². The summed E-state index contributed by atoms with van der Waals surface area (Å²) in [5.74, 6) is -0.187. The van der Waals surface area contributed by atoms with Gasteiger partial charge in [0.05, 0.1) is 13.1 Å². The van der Waals surface area contributed by atoms with Gasteiger partial charge in [0.1, 0.15) is 4.88 Å². The largest absolute Gasteiger partial charge is 0.346 e. The first-order chi connectivity index (χ1) is 12.0. The minimum atomic E-state index is -0.187. The molecular formula is C19H20N2O2S2. The third-order valence-electron chi connectivity index (χ3n) is 4.31. The van der Waals surface area contributed by atoms with Gasteiger partial charge in [-0.15, -0.1) is 11.3 Å². The van der Waals surface area contributed by atoms with Crippen molar-refractivity contribution in [1.82, 2.24) is 9.88 Å². The monoisotopic (exact) mass is 372 g/mol. The van der Waals surface area contributed by atoms with E-state index in [0.717, 1.165) is 38.6 Å². The van der Waals surface area contributed by atoms with Gasteiger partial charge in [0.25, 0.3) is 5.91 Å². The Labute approximate surface area is 154 Å². The van der Waals surface area contributed by atoms with Crippen LogP contribution in [0, 0.1) is 20.8 Å². The summed E-state index contributed by atoms with van der Waals surface area (Å²) in [6, 6.07) is 10.0. The van der Waals surface area contributed by atoms with Crippen molar-refractivity contribution in [2.75, 3.05) is 0 Å². The maximum atomic E-state index is 12.5. The second-order valence-electron chi connectivity index (χ2n) is 6.00. The molecule has 3 aromatic rings. The predicted molar refractivity (Wildman–Crippen MR) is 104 cm³/mol. The molecule has 0 saturated heterocycles. The number of carbonyl (C=O) groups excluding carboxylic acids is 1. The average Bonchev–Trinajstić information content (AvgIpc) is 3.18. The molecule has 130 valence electrons. The number of aryl methyl sites for hydroxylation is 2. The van der Waals surface area contributed by atoms with E-state index in [1.54, 1.807) is 15.9 Å². The van der Waals surface area contributed by atoms with Gasteiger partial charge in [-0.25, -0.2) is 0 Å². The van der Waals surface area contributed by atoms with Gasteiger partial charge in [-0.2, -0.15) is 0 Å². The molecule has 6 heteroatoms. The summed E-state index contributed by atoms with van der Waals surface area (Å²) in [5.41, 5.74) is 4.17. The fourth-order valence-electron chi connectivity index (χ4n) is 2.79. The number of amides is 1. The number of nitrogens with one attached hydrogen (secondary N) is 1. The summed E-state index contributed by atoms with van der Waals surface area (Å²) in [5, 5.41) is 4.88. The molecule has 0 unspecified atom stereocenters. The van der Waals surface area contributed by atoms with Crippen molar-refractivity contribution in [2.24, 2.45) is 0 Å². The fraction of sp³-hybridized carbons (Fsp3) is 0.263. The van der Waals surface area contributed by atoms with Crippen LogP contribution in [0.4, 0.5) is 0 Å². The van der Waals surface area contributed by atoms with Crippen molar-refractivity contribution in [3.8, 4) is 0 Å². The number of benzene rings is 1. The molecule has 0 atom stereocenters. The number of rotatable bonds is 5. The number of hydrogen-bond donors (Lipinski definition) is 1. The highest BCUT2D eigenvalue weighted by Crippen LogP contribution is 2.18. The lowest BCUT2D eigenvalue weighted by molar-refractivity contribution is 0.0954. The molecule has 0 radical (unpaired) electrons. The normalized spacial score (nSPS) is 10.8. The first-order valence-corrected chi connectivity index (χ1v) is 9.73. The Morgan fingerprint density at radius 3 is 2.48 bits per heavy atom. The molecule has 25 heavy (non-hydrogen) atoms. The summed E-state index contributed by atoms with van der Waals surface area (Å²) < 4.78 is 1.69. The number of aromatic nitrogens is 1. The van der Waals surface area contributed by atoms with Gasteiger partial charge < -0.3 is 5.32 Å². The molecule has 0 fully saturated rings. The van der Waals surface area contributed by atoms with Crippen molar-refractivity contribution in [2.45, 2.75) is 33.9 Å². The quantitative estimate of drug-likeness (QED) is 0.739. The zero-order valence-corrected chi connectivity index (χ0v) is 16.1. The molecule has 0 aliphatic heterocycles. The third-order valence-corrected chi connectivity index (χ3v) is 6.27. The molecule has 0 spiro atoms. The number of nitrogens with zero attached hydrogens (tertiary/aromatic N) is 1. The van der Waals surface area contributed by atoms with E-state index in [9.17, 15) is 9.59 Å². The van der Waals surface area contributed by atoms with Crippen LogP contribution < -0.4 is 10.2 Å². The standard InChI is InChI=1S/C19H20N2O2S2/c1-12-6-4-7-13(2)16(12)11-21-14(3)17(25-19(21)23)18(22)20-10-15-8-5-9-24-15/h4-9H,10-11H2,1-3H3,(H,20,22). The van der Waals surface area contributed by atoms with E-state index in [4.69, 9.17) is 0 Å². The van der Waals surface area contributed by atoms with Gasteiger partial charge in [-0.05, 0) is 48.9 Å². The van der Waals surface area contributed by atoms with Crippen LogP contribution in [0.5, 0.6) is 0 Å². The Kier molecular flexibility index (Phi) is 5.20. The molecule has 1 N–H and O–H groups in total. The Bertz CT molecular complexity index is 932. The summed E-state index contributed by atoms with van der Waals surface area (Å²) >= 11 is 2.62. The van der Waals surface area contributed by atoms with E-state index in [-0.39, 0.29) is 10.8 Å². The van der Waals surface area contributed by atoms with Gasteiger partial charge >= 0.3 is 4.87 Å². The molecule has 1 aromatic carbocycles. The van der Waals surface area contributed by atoms with Crippen LogP contribution in [-0.2, 0) is 13.1 Å². The Balaban J connectivity index is 1.83. The molecule has 0 aliphatic rings. The van der Waals surface area contributed by atoms with E-state index >= 15 is 0 Å². The molecule has 0 aliphatic carbocycles. The second-order valence-corrected chi connectivity index (χ2v) is 7.99. The highest BCUT2D eigenvalue weighted by Gasteiger charge is 2.18. The second kappa shape index (κ2) is 7.37. The molecule has 2 heterocycles. The minimum absolute atomic E-state index is 0.0959. The minimum Gasteiger partial charge on any atom is -0.346 e. The maximum absolute atomic E-state index is 12.5. The SMILES string of the molecule is Cc1cccc(C)c1Cn1c(C)c(C(=O)NCc2cccs2)sc1=O. The lowest BCUT2D eigenvalue weighted by Crippen LogP contribution is -2.22. The average molecular weight is 373 g/mol. The Hall–Kier alpha value is -2.18. The van der Waals surface area contributed by atoms with Crippen LogP contribution >= 0.6 is 22.7 Å². The van der Waals surface area contributed by atoms with Gasteiger partial charge in [0.2, 0.25) is 0 Å². The first-order valence-electron chi connectivity index (χ1n) is 8.03. The smallest absolute Gasteiger partial charge is 0.308 e. The highest BCUT2D eigenvalue weighted by molar-refractivity contribution is 7.11. The first kappa shape index (κ1) is 17.6. The van der Waals surface area contributed by atoms with Gasteiger partial charge in [-0.3, -0.25) is 14.2 Å². The fourth-order valence-corrected chi connectivity index (χ4v) is 4.34. The van der Waals surface area contributed by atoms with Crippen LogP contribution in [0.25, 0.3) is 0 Å². The summed E-state index contributed by atoms with van der Waals surface area (Å²) in [6.07, 6.45) is 0. The van der Waals surface area contributed by atoms with Crippen molar-refractivity contribution >= 4 is 28.6 Å². The van der Waals surface area contributed by atoms with Crippen LogP contribution in [0.3, 0.4) is 0 Å². The van der Waals surface area contributed by atoms with Gasteiger partial charge in [0.15, 0.2) is 0 Å². The molecule has 2 aromatic heterocycles. The molecule has 0 bridgehead atoms. The Morgan fingerprint density at radius 2 is 1.84 bits per heavy atom. The molecule has 0 saturated carbocycles. The summed E-state index contributed by atoms with van der Waals surface area (Å²) in [7, 11) is 0. The molecular weight excluding hydrogens is 352 g/mol. The summed E-state index contributed by atoms with van der Waals surface area (Å²) in [6.45, 7) is 6.91. The topological polar surface area (TPSA) is 51.1 Å². The number of hydrogen-bond acceptors (Lipinski definition) is 4. The zero-order valence-electron chi connectivity index (χ0n) is 14.5. The molecule has 1 amide bonds. The van der Waals surface area contributed by atoms with Crippen molar-refractivity contribution < 1.29 is 4.79 Å². The maximum Gasteiger partial charge on any atom is 0.308 e. The van der Waals surface area contributed by atoms with Gasteiger partial charge in [0, 0.05) is 10.6 Å². The number of thiazole rings is 1. The number of carbonyl (C=O) groups is 1. The summed E-state index contributed by atoms with van der Waals surface area (Å²) in [4.78, 5) is 26.4. The molecule has 4 nitrogen and oxygen atoms in total. The van der Waals surface area contributed by atoms with E-state index in [2.05, 4.69) is 5.32 Å². The van der Waals surface area contributed by atoms with Crippen LogP contribution in [0.2, 0.25) is 0 Å². The third kappa shape index (κ3) is 3.75. The van der Waals surface area contributed by atoms with Crippen LogP contribution in [-0.4, -0.2) is 10.5 Å². The Morgan fingerprint density at radius 1 is 1.12 bits per heavy atom. The van der Waals surface area contributed by atoms with Crippen molar-refractivity contribution in [3.63, 3.8) is 0 Å².